The molecule has 1 aromatic heterocycles. The Labute approximate surface area is 207 Å². The SMILES string of the molecule is COc1ccc(C(=O)N/C(=C/c2ccc(-c3ccc(Br)cc3)o2)C(=O)NC2CCCCC2)cc1. The summed E-state index contributed by atoms with van der Waals surface area (Å²) in [5.41, 5.74) is 1.48. The maximum atomic E-state index is 13.1. The molecule has 34 heavy (non-hydrogen) atoms. The van der Waals surface area contributed by atoms with Crippen LogP contribution in [0.3, 0.4) is 0 Å². The van der Waals surface area contributed by atoms with E-state index in [1.165, 1.54) is 6.42 Å². The van der Waals surface area contributed by atoms with Crippen LogP contribution in [-0.4, -0.2) is 25.0 Å². The molecule has 7 heteroatoms. The van der Waals surface area contributed by atoms with Crippen LogP contribution >= 0.6 is 15.9 Å². The zero-order valence-corrected chi connectivity index (χ0v) is 20.6. The highest BCUT2D eigenvalue weighted by atomic mass is 79.9. The molecule has 0 radical (unpaired) electrons. The van der Waals surface area contributed by atoms with Crippen LogP contribution in [0.2, 0.25) is 0 Å². The minimum atomic E-state index is -0.382. The maximum absolute atomic E-state index is 13.1. The van der Waals surface area contributed by atoms with E-state index in [0.29, 0.717) is 22.8 Å². The van der Waals surface area contributed by atoms with Gasteiger partial charge in [-0.2, -0.15) is 0 Å². The number of hydrogen-bond acceptors (Lipinski definition) is 4. The number of furan rings is 1. The number of carbonyl (C=O) groups is 2. The highest BCUT2D eigenvalue weighted by molar-refractivity contribution is 9.10. The van der Waals surface area contributed by atoms with Crippen LogP contribution in [0.5, 0.6) is 5.75 Å². The Bertz CT molecular complexity index is 1160. The summed E-state index contributed by atoms with van der Waals surface area (Å²) in [6.45, 7) is 0. The lowest BCUT2D eigenvalue weighted by molar-refractivity contribution is -0.118. The van der Waals surface area contributed by atoms with Gasteiger partial charge >= 0.3 is 0 Å². The molecule has 1 aliphatic carbocycles. The molecule has 4 rings (SSSR count). The normalized spacial score (nSPS) is 14.5. The summed E-state index contributed by atoms with van der Waals surface area (Å²) in [5.74, 6) is 1.09. The number of ether oxygens (including phenoxy) is 1. The van der Waals surface area contributed by atoms with Gasteiger partial charge in [-0.25, -0.2) is 0 Å². The van der Waals surface area contributed by atoms with Crippen molar-refractivity contribution in [1.82, 2.24) is 10.6 Å². The molecule has 176 valence electrons. The molecule has 0 unspecified atom stereocenters. The fourth-order valence-corrected chi connectivity index (χ4v) is 4.21. The van der Waals surface area contributed by atoms with Crippen molar-refractivity contribution in [1.29, 1.82) is 0 Å². The average Bonchev–Trinajstić information content (AvgIpc) is 3.33. The van der Waals surface area contributed by atoms with Crippen molar-refractivity contribution in [2.75, 3.05) is 7.11 Å². The van der Waals surface area contributed by atoms with Gasteiger partial charge in [-0.1, -0.05) is 47.3 Å². The molecule has 1 aliphatic rings. The lowest BCUT2D eigenvalue weighted by atomic mass is 9.95. The molecule has 1 fully saturated rings. The Morgan fingerprint density at radius 2 is 1.68 bits per heavy atom. The smallest absolute Gasteiger partial charge is 0.268 e. The first-order valence-corrected chi connectivity index (χ1v) is 12.1. The highest BCUT2D eigenvalue weighted by Gasteiger charge is 2.21. The van der Waals surface area contributed by atoms with Crippen molar-refractivity contribution in [2.45, 2.75) is 38.1 Å². The Balaban J connectivity index is 1.57. The molecular formula is C27H27BrN2O4. The fourth-order valence-electron chi connectivity index (χ4n) is 3.95. The number of halogens is 1. The number of carbonyl (C=O) groups excluding carboxylic acids is 2. The predicted octanol–water partition coefficient (Wildman–Crippen LogP) is 5.94. The minimum Gasteiger partial charge on any atom is -0.497 e. The molecule has 3 aromatic rings. The number of hydrogen-bond donors (Lipinski definition) is 2. The van der Waals surface area contributed by atoms with Crippen LogP contribution < -0.4 is 15.4 Å². The van der Waals surface area contributed by atoms with E-state index in [0.717, 1.165) is 35.7 Å². The van der Waals surface area contributed by atoms with Crippen molar-refractivity contribution in [3.05, 3.63) is 82.2 Å². The van der Waals surface area contributed by atoms with E-state index in [9.17, 15) is 9.59 Å². The van der Waals surface area contributed by atoms with Gasteiger partial charge < -0.3 is 19.8 Å². The second-order valence-electron chi connectivity index (χ2n) is 8.26. The first kappa shape index (κ1) is 23.8. The van der Waals surface area contributed by atoms with Crippen molar-refractivity contribution in [2.24, 2.45) is 0 Å². The first-order valence-electron chi connectivity index (χ1n) is 11.4. The summed E-state index contributed by atoms with van der Waals surface area (Å²) < 4.78 is 12.1. The molecule has 0 saturated heterocycles. The quantitative estimate of drug-likeness (QED) is 0.376. The van der Waals surface area contributed by atoms with Gasteiger partial charge in [0.2, 0.25) is 0 Å². The van der Waals surface area contributed by atoms with Gasteiger partial charge in [0.25, 0.3) is 11.8 Å². The monoisotopic (exact) mass is 522 g/mol. The molecule has 0 bridgehead atoms. The number of methoxy groups -OCH3 is 1. The maximum Gasteiger partial charge on any atom is 0.268 e. The summed E-state index contributed by atoms with van der Waals surface area (Å²) in [7, 11) is 1.57. The zero-order chi connectivity index (χ0) is 23.9. The standard InChI is InChI=1S/C27H27BrN2O4/c1-33-22-13-9-19(10-14-22)26(31)30-24(27(32)29-21-5-3-2-4-6-21)17-23-15-16-25(34-23)18-7-11-20(28)12-8-18/h7-17,21H,2-6H2,1H3,(H,29,32)(H,30,31)/b24-17+. The predicted molar refractivity (Wildman–Crippen MR) is 135 cm³/mol. The van der Waals surface area contributed by atoms with E-state index in [1.54, 1.807) is 43.5 Å². The van der Waals surface area contributed by atoms with Gasteiger partial charge in [0.05, 0.1) is 7.11 Å². The van der Waals surface area contributed by atoms with Crippen molar-refractivity contribution < 1.29 is 18.7 Å². The van der Waals surface area contributed by atoms with Gasteiger partial charge in [-0.3, -0.25) is 9.59 Å². The summed E-state index contributed by atoms with van der Waals surface area (Å²) >= 11 is 3.43. The molecule has 2 aromatic carbocycles. The van der Waals surface area contributed by atoms with Crippen LogP contribution in [-0.2, 0) is 4.79 Å². The molecule has 6 nitrogen and oxygen atoms in total. The lowest BCUT2D eigenvalue weighted by Crippen LogP contribution is -2.41. The fraction of sp³-hybridized carbons (Fsp3) is 0.259. The van der Waals surface area contributed by atoms with Crippen molar-refractivity contribution in [3.8, 4) is 17.1 Å². The third-order valence-corrected chi connectivity index (χ3v) is 6.36. The molecule has 1 heterocycles. The molecule has 0 aliphatic heterocycles. The molecule has 0 spiro atoms. The van der Waals surface area contributed by atoms with E-state index in [-0.39, 0.29) is 23.6 Å². The summed E-state index contributed by atoms with van der Waals surface area (Å²) in [4.78, 5) is 26.0. The largest absolute Gasteiger partial charge is 0.497 e. The third-order valence-electron chi connectivity index (χ3n) is 5.83. The Morgan fingerprint density at radius 3 is 2.35 bits per heavy atom. The van der Waals surface area contributed by atoms with Gasteiger partial charge in [-0.15, -0.1) is 0 Å². The lowest BCUT2D eigenvalue weighted by Gasteiger charge is -2.23. The minimum absolute atomic E-state index is 0.109. The Hall–Kier alpha value is -3.32. The molecule has 1 saturated carbocycles. The zero-order valence-electron chi connectivity index (χ0n) is 19.0. The van der Waals surface area contributed by atoms with Gasteiger partial charge in [0, 0.05) is 27.7 Å². The summed E-state index contributed by atoms with van der Waals surface area (Å²) in [6.07, 6.45) is 6.84. The molecule has 2 N–H and O–H groups in total. The third kappa shape index (κ3) is 6.17. The van der Waals surface area contributed by atoms with E-state index >= 15 is 0 Å². The topological polar surface area (TPSA) is 80.6 Å². The number of amides is 2. The molecule has 2 amide bonds. The first-order chi connectivity index (χ1) is 16.5. The van der Waals surface area contributed by atoms with Gasteiger partial charge in [0.15, 0.2) is 0 Å². The number of nitrogens with one attached hydrogen (secondary N) is 2. The average molecular weight is 523 g/mol. The van der Waals surface area contributed by atoms with E-state index in [4.69, 9.17) is 9.15 Å². The number of rotatable bonds is 7. The Kier molecular flexibility index (Phi) is 7.85. The van der Waals surface area contributed by atoms with E-state index < -0.39 is 0 Å². The second-order valence-corrected chi connectivity index (χ2v) is 9.17. The van der Waals surface area contributed by atoms with Crippen molar-refractivity contribution >= 4 is 33.8 Å². The van der Waals surface area contributed by atoms with Crippen molar-refractivity contribution in [3.63, 3.8) is 0 Å². The highest BCUT2D eigenvalue weighted by Crippen LogP contribution is 2.25. The number of benzene rings is 2. The van der Waals surface area contributed by atoms with Crippen LogP contribution in [0.25, 0.3) is 17.4 Å². The van der Waals surface area contributed by atoms with Crippen LogP contribution in [0.15, 0.2) is 75.3 Å². The Morgan fingerprint density at radius 1 is 0.971 bits per heavy atom. The summed E-state index contributed by atoms with van der Waals surface area (Å²) in [5, 5.41) is 5.84. The van der Waals surface area contributed by atoms with Crippen LogP contribution in [0.4, 0.5) is 0 Å². The molecular weight excluding hydrogens is 496 g/mol. The van der Waals surface area contributed by atoms with E-state index in [2.05, 4.69) is 26.6 Å². The van der Waals surface area contributed by atoms with Crippen LogP contribution in [0, 0.1) is 0 Å². The second kappa shape index (κ2) is 11.2. The van der Waals surface area contributed by atoms with E-state index in [1.807, 2.05) is 30.3 Å². The van der Waals surface area contributed by atoms with Crippen LogP contribution in [0.1, 0.15) is 48.2 Å². The van der Waals surface area contributed by atoms with Gasteiger partial charge in [0.1, 0.15) is 23.0 Å². The van der Waals surface area contributed by atoms with Gasteiger partial charge in [-0.05, 0) is 61.4 Å². The summed E-state index contributed by atoms with van der Waals surface area (Å²) in [6, 6.07) is 18.2. The molecule has 0 atom stereocenters.